The SMILES string of the molecule is N[C@@H](Cc1cnc[nH]1)c1nc(-c2cncs2)no1. The highest BCUT2D eigenvalue weighted by Gasteiger charge is 2.17. The van der Waals surface area contributed by atoms with Crippen LogP contribution in [0.4, 0.5) is 0 Å². The van der Waals surface area contributed by atoms with Gasteiger partial charge in [0.15, 0.2) is 0 Å². The van der Waals surface area contributed by atoms with Gasteiger partial charge in [-0.1, -0.05) is 5.16 Å². The molecule has 0 aliphatic heterocycles. The highest BCUT2D eigenvalue weighted by molar-refractivity contribution is 7.13. The lowest BCUT2D eigenvalue weighted by Crippen LogP contribution is -2.13. The number of H-pyrrole nitrogens is 1. The van der Waals surface area contributed by atoms with E-state index in [9.17, 15) is 0 Å². The molecule has 8 heteroatoms. The Balaban J connectivity index is 1.77. The molecule has 7 nitrogen and oxygen atoms in total. The van der Waals surface area contributed by atoms with Crippen molar-refractivity contribution in [2.45, 2.75) is 12.5 Å². The molecule has 0 bridgehead atoms. The Kier molecular flexibility index (Phi) is 2.87. The molecule has 0 fully saturated rings. The van der Waals surface area contributed by atoms with E-state index >= 15 is 0 Å². The predicted molar refractivity (Wildman–Crippen MR) is 64.6 cm³/mol. The van der Waals surface area contributed by atoms with E-state index in [0.29, 0.717) is 18.1 Å². The lowest BCUT2D eigenvalue weighted by Gasteiger charge is -2.03. The molecule has 0 spiro atoms. The molecule has 0 unspecified atom stereocenters. The molecule has 3 heterocycles. The van der Waals surface area contributed by atoms with Gasteiger partial charge in [-0.15, -0.1) is 11.3 Å². The Hall–Kier alpha value is -2.06. The van der Waals surface area contributed by atoms with Crippen LogP contribution in [0.3, 0.4) is 0 Å². The Morgan fingerprint density at radius 2 is 2.33 bits per heavy atom. The molecule has 0 saturated heterocycles. The average Bonchev–Trinajstić information content (AvgIpc) is 3.11. The van der Waals surface area contributed by atoms with Gasteiger partial charge in [0.25, 0.3) is 0 Å². The van der Waals surface area contributed by atoms with Crippen molar-refractivity contribution in [1.82, 2.24) is 25.1 Å². The highest BCUT2D eigenvalue weighted by atomic mass is 32.1. The fourth-order valence-electron chi connectivity index (χ4n) is 1.53. The minimum Gasteiger partial charge on any atom is -0.348 e. The van der Waals surface area contributed by atoms with Crippen molar-refractivity contribution < 1.29 is 4.52 Å². The van der Waals surface area contributed by atoms with E-state index < -0.39 is 0 Å². The van der Waals surface area contributed by atoms with Gasteiger partial charge in [0, 0.05) is 24.5 Å². The van der Waals surface area contributed by atoms with Gasteiger partial charge in [-0.3, -0.25) is 4.98 Å². The third kappa shape index (κ3) is 2.15. The van der Waals surface area contributed by atoms with Gasteiger partial charge in [-0.25, -0.2) is 4.98 Å². The second-order valence-electron chi connectivity index (χ2n) is 3.71. The number of nitrogens with two attached hydrogens (primary N) is 1. The van der Waals surface area contributed by atoms with Crippen LogP contribution in [0.25, 0.3) is 10.7 Å². The van der Waals surface area contributed by atoms with Gasteiger partial charge in [0.2, 0.25) is 11.7 Å². The van der Waals surface area contributed by atoms with Gasteiger partial charge in [-0.2, -0.15) is 4.98 Å². The number of aromatic amines is 1. The predicted octanol–water partition coefficient (Wildman–Crippen LogP) is 1.16. The average molecular weight is 262 g/mol. The van der Waals surface area contributed by atoms with Crippen molar-refractivity contribution in [3.05, 3.63) is 35.8 Å². The summed E-state index contributed by atoms with van der Waals surface area (Å²) in [7, 11) is 0. The van der Waals surface area contributed by atoms with Crippen LogP contribution in [0, 0.1) is 0 Å². The Bertz CT molecular complexity index is 602. The van der Waals surface area contributed by atoms with E-state index in [1.54, 1.807) is 24.2 Å². The molecule has 3 N–H and O–H groups in total. The molecule has 0 aromatic carbocycles. The quantitative estimate of drug-likeness (QED) is 0.730. The highest BCUT2D eigenvalue weighted by Crippen LogP contribution is 2.22. The van der Waals surface area contributed by atoms with Crippen LogP contribution in [-0.2, 0) is 6.42 Å². The number of nitrogens with zero attached hydrogens (tertiary/aromatic N) is 4. The van der Waals surface area contributed by atoms with Crippen LogP contribution in [0.15, 0.2) is 28.8 Å². The first-order valence-electron chi connectivity index (χ1n) is 5.28. The van der Waals surface area contributed by atoms with Gasteiger partial charge in [-0.05, 0) is 0 Å². The molecule has 92 valence electrons. The van der Waals surface area contributed by atoms with Crippen LogP contribution < -0.4 is 5.73 Å². The second-order valence-corrected chi connectivity index (χ2v) is 4.60. The van der Waals surface area contributed by atoms with E-state index in [-0.39, 0.29) is 6.04 Å². The first-order chi connectivity index (χ1) is 8.83. The monoisotopic (exact) mass is 262 g/mol. The lowest BCUT2D eigenvalue weighted by molar-refractivity contribution is 0.354. The molecule has 3 aromatic heterocycles. The van der Waals surface area contributed by atoms with Crippen LogP contribution >= 0.6 is 11.3 Å². The van der Waals surface area contributed by atoms with E-state index in [1.165, 1.54) is 11.3 Å². The Morgan fingerprint density at radius 1 is 1.39 bits per heavy atom. The van der Waals surface area contributed by atoms with E-state index in [2.05, 4.69) is 25.1 Å². The number of thiazole rings is 1. The zero-order valence-corrected chi connectivity index (χ0v) is 10.1. The number of nitrogens with one attached hydrogen (secondary N) is 1. The molecular weight excluding hydrogens is 252 g/mol. The first kappa shape index (κ1) is 11.1. The minimum atomic E-state index is -0.348. The summed E-state index contributed by atoms with van der Waals surface area (Å²) in [6.45, 7) is 0. The van der Waals surface area contributed by atoms with Crippen molar-refractivity contribution in [3.63, 3.8) is 0 Å². The van der Waals surface area contributed by atoms with E-state index in [4.69, 9.17) is 10.3 Å². The van der Waals surface area contributed by atoms with Crippen molar-refractivity contribution >= 4 is 11.3 Å². The lowest BCUT2D eigenvalue weighted by atomic mass is 10.2. The summed E-state index contributed by atoms with van der Waals surface area (Å²) in [6, 6.07) is -0.348. The first-order valence-corrected chi connectivity index (χ1v) is 6.16. The molecule has 0 aliphatic carbocycles. The molecule has 0 saturated carbocycles. The topological polar surface area (TPSA) is 107 Å². The summed E-state index contributed by atoms with van der Waals surface area (Å²) in [5.74, 6) is 0.931. The summed E-state index contributed by atoms with van der Waals surface area (Å²) < 4.78 is 5.16. The maximum Gasteiger partial charge on any atom is 0.244 e. The molecule has 0 amide bonds. The van der Waals surface area contributed by atoms with Gasteiger partial charge in [0.1, 0.15) is 0 Å². The second kappa shape index (κ2) is 4.67. The summed E-state index contributed by atoms with van der Waals surface area (Å²) in [6.07, 6.45) is 5.60. The Labute approximate surface area is 106 Å². The molecule has 0 radical (unpaired) electrons. The number of hydrogen-bond donors (Lipinski definition) is 2. The standard InChI is InChI=1S/C10H10N6OS/c11-7(1-6-2-12-4-14-6)10-15-9(16-17-10)8-3-13-5-18-8/h2-5,7H,1,11H2,(H,12,14)/t7-/m0/s1. The maximum atomic E-state index is 6.00. The van der Waals surface area contributed by atoms with Gasteiger partial charge in [0.05, 0.1) is 22.8 Å². The smallest absolute Gasteiger partial charge is 0.244 e. The van der Waals surface area contributed by atoms with Crippen LogP contribution in [0.1, 0.15) is 17.6 Å². The summed E-state index contributed by atoms with van der Waals surface area (Å²) in [5, 5.41) is 3.89. The number of aromatic nitrogens is 5. The number of hydrogen-bond acceptors (Lipinski definition) is 7. The summed E-state index contributed by atoms with van der Waals surface area (Å²) in [5.41, 5.74) is 8.65. The third-order valence-electron chi connectivity index (χ3n) is 2.41. The molecular formula is C10H10N6OS. The van der Waals surface area contributed by atoms with Crippen molar-refractivity contribution in [3.8, 4) is 10.7 Å². The fraction of sp³-hybridized carbons (Fsp3) is 0.200. The van der Waals surface area contributed by atoms with Crippen molar-refractivity contribution in [2.24, 2.45) is 5.73 Å². The maximum absolute atomic E-state index is 6.00. The van der Waals surface area contributed by atoms with Gasteiger partial charge >= 0.3 is 0 Å². The zero-order valence-electron chi connectivity index (χ0n) is 9.28. The van der Waals surface area contributed by atoms with Crippen LogP contribution in [-0.4, -0.2) is 25.1 Å². The minimum absolute atomic E-state index is 0.348. The molecule has 3 aromatic rings. The summed E-state index contributed by atoms with van der Waals surface area (Å²) >= 11 is 1.45. The number of imidazole rings is 1. The molecule has 3 rings (SSSR count). The fourth-order valence-corrected chi connectivity index (χ4v) is 2.08. The molecule has 18 heavy (non-hydrogen) atoms. The third-order valence-corrected chi connectivity index (χ3v) is 3.18. The summed E-state index contributed by atoms with van der Waals surface area (Å²) in [4.78, 5) is 16.0. The Morgan fingerprint density at radius 3 is 3.06 bits per heavy atom. The zero-order chi connectivity index (χ0) is 12.4. The molecule has 1 atom stereocenters. The van der Waals surface area contributed by atoms with Crippen molar-refractivity contribution in [2.75, 3.05) is 0 Å². The van der Waals surface area contributed by atoms with Gasteiger partial charge < -0.3 is 15.2 Å². The van der Waals surface area contributed by atoms with Crippen LogP contribution in [0.2, 0.25) is 0 Å². The van der Waals surface area contributed by atoms with E-state index in [0.717, 1.165) is 10.6 Å². The number of rotatable bonds is 4. The van der Waals surface area contributed by atoms with Crippen LogP contribution in [0.5, 0.6) is 0 Å². The normalized spacial score (nSPS) is 12.7. The molecule has 0 aliphatic rings. The largest absolute Gasteiger partial charge is 0.348 e. The van der Waals surface area contributed by atoms with E-state index in [1.807, 2.05) is 0 Å². The van der Waals surface area contributed by atoms with Crippen molar-refractivity contribution in [1.29, 1.82) is 0 Å².